The van der Waals surface area contributed by atoms with Crippen molar-refractivity contribution in [3.05, 3.63) is 33.8 Å². The SMILES string of the molecule is Cc1cc(CN)cc2c1=NCC=2. The van der Waals surface area contributed by atoms with Gasteiger partial charge in [-0.05, 0) is 29.3 Å². The Hall–Kier alpha value is -1.15. The molecule has 0 saturated heterocycles. The summed E-state index contributed by atoms with van der Waals surface area (Å²) >= 11 is 0. The van der Waals surface area contributed by atoms with E-state index in [0.29, 0.717) is 6.54 Å². The van der Waals surface area contributed by atoms with E-state index < -0.39 is 0 Å². The zero-order valence-corrected chi connectivity index (χ0v) is 7.17. The fourth-order valence-corrected chi connectivity index (χ4v) is 1.61. The van der Waals surface area contributed by atoms with E-state index >= 15 is 0 Å². The molecule has 0 radical (unpaired) electrons. The van der Waals surface area contributed by atoms with Crippen molar-refractivity contribution < 1.29 is 0 Å². The van der Waals surface area contributed by atoms with Crippen molar-refractivity contribution in [2.24, 2.45) is 10.7 Å². The van der Waals surface area contributed by atoms with Gasteiger partial charge in [0.1, 0.15) is 0 Å². The number of nitrogens with zero attached hydrogens (tertiary/aromatic N) is 1. The normalized spacial score (nSPS) is 13.5. The molecule has 1 aliphatic rings. The van der Waals surface area contributed by atoms with Crippen molar-refractivity contribution in [2.45, 2.75) is 13.5 Å². The van der Waals surface area contributed by atoms with Crippen LogP contribution in [0.25, 0.3) is 6.08 Å². The maximum Gasteiger partial charge on any atom is 0.0677 e. The Morgan fingerprint density at radius 1 is 1.50 bits per heavy atom. The lowest BCUT2D eigenvalue weighted by Gasteiger charge is -1.98. The monoisotopic (exact) mass is 160 g/mol. The maximum atomic E-state index is 5.57. The molecular weight excluding hydrogens is 148 g/mol. The minimum Gasteiger partial charge on any atom is -0.326 e. The Morgan fingerprint density at radius 2 is 2.33 bits per heavy atom. The second-order valence-corrected chi connectivity index (χ2v) is 3.10. The summed E-state index contributed by atoms with van der Waals surface area (Å²) in [6.07, 6.45) is 2.14. The first-order valence-corrected chi connectivity index (χ1v) is 4.15. The topological polar surface area (TPSA) is 38.4 Å². The number of hydrogen-bond donors (Lipinski definition) is 1. The highest BCUT2D eigenvalue weighted by atomic mass is 14.7. The van der Waals surface area contributed by atoms with Crippen molar-refractivity contribution in [3.8, 4) is 0 Å². The van der Waals surface area contributed by atoms with Crippen LogP contribution in [0, 0.1) is 6.92 Å². The Labute approximate surface area is 71.4 Å². The van der Waals surface area contributed by atoms with Gasteiger partial charge in [0.25, 0.3) is 0 Å². The van der Waals surface area contributed by atoms with Gasteiger partial charge in [-0.15, -0.1) is 0 Å². The highest BCUT2D eigenvalue weighted by Crippen LogP contribution is 1.96. The molecule has 0 spiro atoms. The quantitative estimate of drug-likeness (QED) is 0.610. The molecule has 0 amide bonds. The molecule has 1 aromatic carbocycles. The standard InChI is InChI=1S/C10H12N2/c1-7-4-8(6-11)5-9-2-3-12-10(7)9/h2,4-5H,3,6,11H2,1H3. The summed E-state index contributed by atoms with van der Waals surface area (Å²) < 4.78 is 0. The molecule has 2 rings (SSSR count). The second kappa shape index (κ2) is 2.72. The molecule has 1 aliphatic heterocycles. The second-order valence-electron chi connectivity index (χ2n) is 3.10. The summed E-state index contributed by atoms with van der Waals surface area (Å²) in [6.45, 7) is 3.52. The van der Waals surface area contributed by atoms with Crippen LogP contribution in [0.15, 0.2) is 17.1 Å². The van der Waals surface area contributed by atoms with Gasteiger partial charge in [-0.25, -0.2) is 0 Å². The Bertz CT molecular complexity index is 418. The summed E-state index contributed by atoms with van der Waals surface area (Å²) in [5.74, 6) is 0. The number of fused-ring (bicyclic) bond motifs is 1. The summed E-state index contributed by atoms with van der Waals surface area (Å²) in [7, 11) is 0. The molecule has 0 atom stereocenters. The molecule has 12 heavy (non-hydrogen) atoms. The summed E-state index contributed by atoms with van der Waals surface area (Å²) in [5, 5.41) is 2.39. The van der Waals surface area contributed by atoms with Gasteiger partial charge in [0, 0.05) is 6.54 Å². The molecule has 0 aliphatic carbocycles. The predicted octanol–water partition coefficient (Wildman–Crippen LogP) is -0.133. The summed E-state index contributed by atoms with van der Waals surface area (Å²) in [5.41, 5.74) is 8.00. The van der Waals surface area contributed by atoms with Gasteiger partial charge in [0.15, 0.2) is 0 Å². The average molecular weight is 160 g/mol. The highest BCUT2D eigenvalue weighted by molar-refractivity contribution is 5.35. The van der Waals surface area contributed by atoms with Crippen molar-refractivity contribution in [2.75, 3.05) is 6.54 Å². The van der Waals surface area contributed by atoms with Crippen molar-refractivity contribution in [1.82, 2.24) is 0 Å². The molecule has 0 saturated carbocycles. The summed E-state index contributed by atoms with van der Waals surface area (Å²) in [4.78, 5) is 4.38. The number of hydrogen-bond acceptors (Lipinski definition) is 2. The minimum atomic E-state index is 0.613. The van der Waals surface area contributed by atoms with Crippen LogP contribution < -0.4 is 16.3 Å². The molecule has 0 fully saturated rings. The zero-order valence-electron chi connectivity index (χ0n) is 7.17. The first kappa shape index (κ1) is 7.50. The van der Waals surface area contributed by atoms with Gasteiger partial charge in [-0.3, -0.25) is 4.99 Å². The fourth-order valence-electron chi connectivity index (χ4n) is 1.61. The number of rotatable bonds is 1. The number of benzene rings is 1. The number of aryl methyl sites for hydroxylation is 1. The van der Waals surface area contributed by atoms with Crippen molar-refractivity contribution >= 4 is 6.08 Å². The third-order valence-electron chi connectivity index (χ3n) is 2.19. The van der Waals surface area contributed by atoms with Crippen molar-refractivity contribution in [1.29, 1.82) is 0 Å². The van der Waals surface area contributed by atoms with E-state index in [1.807, 2.05) is 0 Å². The van der Waals surface area contributed by atoms with Gasteiger partial charge in [0.05, 0.1) is 11.9 Å². The van der Waals surface area contributed by atoms with E-state index in [2.05, 4.69) is 30.1 Å². The lowest BCUT2D eigenvalue weighted by molar-refractivity contribution is 1.05. The third-order valence-corrected chi connectivity index (χ3v) is 2.19. The minimum absolute atomic E-state index is 0.613. The molecule has 1 aromatic rings. The average Bonchev–Trinajstić information content (AvgIpc) is 2.52. The molecular formula is C10H12N2. The van der Waals surface area contributed by atoms with E-state index in [9.17, 15) is 0 Å². The van der Waals surface area contributed by atoms with Crippen molar-refractivity contribution in [3.63, 3.8) is 0 Å². The molecule has 0 bridgehead atoms. The molecule has 1 heterocycles. The van der Waals surface area contributed by atoms with Gasteiger partial charge in [0.2, 0.25) is 0 Å². The van der Waals surface area contributed by atoms with Crippen LogP contribution in [0.3, 0.4) is 0 Å². The first-order valence-electron chi connectivity index (χ1n) is 4.15. The largest absolute Gasteiger partial charge is 0.326 e. The van der Waals surface area contributed by atoms with E-state index in [1.54, 1.807) is 0 Å². The Kier molecular flexibility index (Phi) is 1.70. The van der Waals surface area contributed by atoms with Gasteiger partial charge >= 0.3 is 0 Å². The van der Waals surface area contributed by atoms with Gasteiger partial charge < -0.3 is 5.73 Å². The number of nitrogens with two attached hydrogens (primary N) is 1. The Balaban J connectivity index is 2.77. The molecule has 2 N–H and O–H groups in total. The van der Waals surface area contributed by atoms with Crippen LogP contribution in [0.1, 0.15) is 11.1 Å². The zero-order chi connectivity index (χ0) is 8.55. The van der Waals surface area contributed by atoms with Crippen LogP contribution in [0.5, 0.6) is 0 Å². The fraction of sp³-hybridized carbons (Fsp3) is 0.300. The first-order chi connectivity index (χ1) is 5.81. The summed E-state index contributed by atoms with van der Waals surface area (Å²) in [6, 6.07) is 4.24. The smallest absolute Gasteiger partial charge is 0.0677 e. The van der Waals surface area contributed by atoms with Crippen LogP contribution in [-0.2, 0) is 6.54 Å². The van der Waals surface area contributed by atoms with E-state index in [4.69, 9.17) is 5.73 Å². The van der Waals surface area contributed by atoms with Crippen LogP contribution >= 0.6 is 0 Å². The maximum absolute atomic E-state index is 5.57. The molecule has 2 nitrogen and oxygen atoms in total. The molecule has 0 unspecified atom stereocenters. The van der Waals surface area contributed by atoms with E-state index in [1.165, 1.54) is 16.3 Å². The molecule has 0 aromatic heterocycles. The van der Waals surface area contributed by atoms with Crippen LogP contribution in [-0.4, -0.2) is 6.54 Å². The lowest BCUT2D eigenvalue weighted by atomic mass is 10.1. The molecule has 2 heteroatoms. The third kappa shape index (κ3) is 1.04. The van der Waals surface area contributed by atoms with E-state index in [-0.39, 0.29) is 0 Å². The predicted molar refractivity (Wildman–Crippen MR) is 49.2 cm³/mol. The van der Waals surface area contributed by atoms with E-state index in [0.717, 1.165) is 11.9 Å². The van der Waals surface area contributed by atoms with Crippen LogP contribution in [0.2, 0.25) is 0 Å². The molecule has 62 valence electrons. The van der Waals surface area contributed by atoms with Gasteiger partial charge in [-0.2, -0.15) is 0 Å². The highest BCUT2D eigenvalue weighted by Gasteiger charge is 2.00. The lowest BCUT2D eigenvalue weighted by Crippen LogP contribution is -2.25. The Morgan fingerprint density at radius 3 is 3.08 bits per heavy atom. The van der Waals surface area contributed by atoms with Gasteiger partial charge in [-0.1, -0.05) is 12.1 Å². The van der Waals surface area contributed by atoms with Crippen LogP contribution in [0.4, 0.5) is 0 Å².